The van der Waals surface area contributed by atoms with Gasteiger partial charge in [0.1, 0.15) is 6.10 Å². The number of nitrogens with zero attached hydrogens (tertiary/aromatic N) is 4. The second kappa shape index (κ2) is 7.07. The highest BCUT2D eigenvalue weighted by Gasteiger charge is 2.48. The molecule has 1 amide bonds. The van der Waals surface area contributed by atoms with Gasteiger partial charge in [-0.2, -0.15) is 0 Å². The van der Waals surface area contributed by atoms with Crippen molar-refractivity contribution in [3.63, 3.8) is 0 Å². The van der Waals surface area contributed by atoms with Crippen LogP contribution in [0.1, 0.15) is 23.5 Å². The predicted molar refractivity (Wildman–Crippen MR) is 91.0 cm³/mol. The molecule has 4 heterocycles. The molecule has 2 saturated heterocycles. The highest BCUT2D eigenvalue weighted by atomic mass is 19.1. The predicted octanol–water partition coefficient (Wildman–Crippen LogP) is 1.47. The van der Waals surface area contributed by atoms with E-state index < -0.39 is 11.4 Å². The van der Waals surface area contributed by atoms with Crippen LogP contribution < -0.4 is 9.47 Å². The Hall–Kier alpha value is -2.81. The Morgan fingerprint density at radius 2 is 2.19 bits per heavy atom. The molecule has 2 aromatic heterocycles. The van der Waals surface area contributed by atoms with Crippen molar-refractivity contribution in [2.45, 2.75) is 24.5 Å². The van der Waals surface area contributed by atoms with Gasteiger partial charge in [-0.15, -0.1) is 0 Å². The molecule has 0 unspecified atom stereocenters. The Labute approximate surface area is 155 Å². The summed E-state index contributed by atoms with van der Waals surface area (Å²) in [5.74, 6) is -0.170. The second-order valence-corrected chi connectivity index (χ2v) is 6.65. The van der Waals surface area contributed by atoms with Crippen molar-refractivity contribution in [1.82, 2.24) is 19.9 Å². The number of ether oxygens (including phenoxy) is 3. The molecule has 2 aliphatic rings. The molecular weight excluding hydrogens is 355 g/mol. The highest BCUT2D eigenvalue weighted by molar-refractivity contribution is 5.90. The van der Waals surface area contributed by atoms with Gasteiger partial charge in [-0.25, -0.2) is 19.3 Å². The number of carbonyl (C=O) groups is 1. The lowest BCUT2D eigenvalue weighted by atomic mass is 9.98. The van der Waals surface area contributed by atoms with E-state index in [2.05, 4.69) is 15.0 Å². The summed E-state index contributed by atoms with van der Waals surface area (Å²) in [5, 5.41) is 0. The molecule has 142 valence electrons. The zero-order chi connectivity index (χ0) is 18.9. The smallest absolute Gasteiger partial charge is 0.291 e. The van der Waals surface area contributed by atoms with Gasteiger partial charge >= 0.3 is 0 Å². The number of hydrogen-bond donors (Lipinski definition) is 0. The molecule has 27 heavy (non-hydrogen) atoms. The van der Waals surface area contributed by atoms with E-state index in [1.807, 2.05) is 0 Å². The average Bonchev–Trinajstić information content (AvgIpc) is 3.30. The molecule has 0 aliphatic carbocycles. The molecular formula is C18H19FN4O4. The van der Waals surface area contributed by atoms with E-state index in [9.17, 15) is 9.18 Å². The van der Waals surface area contributed by atoms with Crippen molar-refractivity contribution in [2.75, 3.05) is 26.8 Å². The molecule has 4 rings (SSSR count). The maximum atomic E-state index is 13.7. The van der Waals surface area contributed by atoms with E-state index in [4.69, 9.17) is 14.2 Å². The third-order valence-corrected chi connectivity index (χ3v) is 4.84. The summed E-state index contributed by atoms with van der Waals surface area (Å²) in [7, 11) is 1.51. The molecule has 8 nitrogen and oxygen atoms in total. The topological polar surface area (TPSA) is 86.7 Å². The van der Waals surface area contributed by atoms with Crippen LogP contribution in [0.15, 0.2) is 30.7 Å². The third-order valence-electron chi connectivity index (χ3n) is 4.84. The van der Waals surface area contributed by atoms with Crippen molar-refractivity contribution < 1.29 is 23.4 Å². The lowest BCUT2D eigenvalue weighted by Gasteiger charge is -2.23. The highest BCUT2D eigenvalue weighted by Crippen LogP contribution is 2.37. The lowest BCUT2D eigenvalue weighted by Crippen LogP contribution is -2.36. The van der Waals surface area contributed by atoms with Gasteiger partial charge in [0.05, 0.1) is 38.3 Å². The van der Waals surface area contributed by atoms with Crippen molar-refractivity contribution in [3.05, 3.63) is 42.4 Å². The third kappa shape index (κ3) is 3.55. The van der Waals surface area contributed by atoms with Crippen LogP contribution in [-0.4, -0.2) is 64.3 Å². The first-order valence-corrected chi connectivity index (χ1v) is 8.65. The molecule has 2 fully saturated rings. The number of carbonyl (C=O) groups excluding carboxylic acids is 1. The lowest BCUT2D eigenvalue weighted by molar-refractivity contribution is 0.00964. The Bertz CT molecular complexity index is 834. The van der Waals surface area contributed by atoms with Gasteiger partial charge in [0.15, 0.2) is 11.6 Å². The summed E-state index contributed by atoms with van der Waals surface area (Å²) in [6, 6.07) is 2.81. The fourth-order valence-corrected chi connectivity index (χ4v) is 3.47. The van der Waals surface area contributed by atoms with Crippen LogP contribution in [0.4, 0.5) is 4.39 Å². The first kappa shape index (κ1) is 17.6. The summed E-state index contributed by atoms with van der Waals surface area (Å²) in [5.41, 5.74) is -0.488. The molecule has 0 aromatic carbocycles. The maximum Gasteiger partial charge on any atom is 0.291 e. The molecule has 9 heteroatoms. The number of likely N-dealkylation sites (tertiary alicyclic amines) is 1. The van der Waals surface area contributed by atoms with E-state index in [0.29, 0.717) is 38.3 Å². The van der Waals surface area contributed by atoms with Crippen LogP contribution in [0.5, 0.6) is 11.6 Å². The minimum absolute atomic E-state index is 0.0271. The number of pyridine rings is 1. The van der Waals surface area contributed by atoms with E-state index in [1.165, 1.54) is 37.8 Å². The van der Waals surface area contributed by atoms with Gasteiger partial charge in [0.2, 0.25) is 5.82 Å². The summed E-state index contributed by atoms with van der Waals surface area (Å²) in [6.45, 7) is 1.29. The van der Waals surface area contributed by atoms with E-state index in [1.54, 1.807) is 4.90 Å². The Morgan fingerprint density at radius 3 is 2.93 bits per heavy atom. The van der Waals surface area contributed by atoms with Crippen LogP contribution in [0, 0.1) is 5.82 Å². The van der Waals surface area contributed by atoms with Gasteiger partial charge in [-0.3, -0.25) is 4.79 Å². The van der Waals surface area contributed by atoms with E-state index in [0.717, 1.165) is 0 Å². The van der Waals surface area contributed by atoms with Crippen LogP contribution in [0.3, 0.4) is 0 Å². The Balaban J connectivity index is 1.38. The molecule has 2 aromatic rings. The summed E-state index contributed by atoms with van der Waals surface area (Å²) >= 11 is 0. The molecule has 1 spiro atoms. The van der Waals surface area contributed by atoms with Crippen molar-refractivity contribution in [2.24, 2.45) is 0 Å². The number of amides is 1. The normalized spacial score (nSPS) is 24.4. The van der Waals surface area contributed by atoms with E-state index in [-0.39, 0.29) is 23.7 Å². The molecule has 2 aliphatic heterocycles. The maximum absolute atomic E-state index is 13.7. The molecule has 0 radical (unpaired) electrons. The fourth-order valence-electron chi connectivity index (χ4n) is 3.47. The average molecular weight is 374 g/mol. The van der Waals surface area contributed by atoms with Crippen molar-refractivity contribution >= 4 is 5.91 Å². The second-order valence-electron chi connectivity index (χ2n) is 6.65. The SMILES string of the molecule is COc1cnc(C(=O)N2CC[C@]3(C[C@@H](Oc4ncccc4F)CO3)C2)nc1. The zero-order valence-electron chi connectivity index (χ0n) is 14.8. The van der Waals surface area contributed by atoms with Crippen LogP contribution in [0.25, 0.3) is 0 Å². The number of hydrogen-bond acceptors (Lipinski definition) is 7. The summed E-state index contributed by atoms with van der Waals surface area (Å²) < 4.78 is 30.3. The Morgan fingerprint density at radius 1 is 1.37 bits per heavy atom. The molecule has 0 saturated carbocycles. The Kier molecular flexibility index (Phi) is 4.61. The quantitative estimate of drug-likeness (QED) is 0.801. The van der Waals surface area contributed by atoms with Crippen molar-refractivity contribution in [3.8, 4) is 11.6 Å². The first-order valence-electron chi connectivity index (χ1n) is 8.65. The molecule has 0 bridgehead atoms. The van der Waals surface area contributed by atoms with Gasteiger partial charge in [0, 0.05) is 19.2 Å². The first-order chi connectivity index (χ1) is 13.1. The van der Waals surface area contributed by atoms with Gasteiger partial charge in [-0.05, 0) is 18.6 Å². The standard InChI is InChI=1S/C18H19FN4O4/c1-25-13-8-21-15(22-9-13)17(24)23-6-4-18(11-23)7-12(10-26-18)27-16-14(19)3-2-5-20-16/h2-3,5,8-9,12H,4,6-7,10-11H2,1H3/t12-,18+/m1/s1. The van der Waals surface area contributed by atoms with Crippen LogP contribution in [-0.2, 0) is 4.74 Å². The number of halogens is 1. The molecule has 2 atom stereocenters. The van der Waals surface area contributed by atoms with Crippen LogP contribution in [0.2, 0.25) is 0 Å². The fraction of sp³-hybridized carbons (Fsp3) is 0.444. The van der Waals surface area contributed by atoms with Crippen molar-refractivity contribution in [1.29, 1.82) is 0 Å². The summed E-state index contributed by atoms with van der Waals surface area (Å²) in [4.78, 5) is 26.3. The monoisotopic (exact) mass is 374 g/mol. The van der Waals surface area contributed by atoms with Gasteiger partial charge < -0.3 is 19.1 Å². The largest absolute Gasteiger partial charge is 0.494 e. The van der Waals surface area contributed by atoms with Crippen LogP contribution >= 0.6 is 0 Å². The zero-order valence-corrected chi connectivity index (χ0v) is 14.8. The molecule has 0 N–H and O–H groups in total. The van der Waals surface area contributed by atoms with E-state index >= 15 is 0 Å². The number of methoxy groups -OCH3 is 1. The van der Waals surface area contributed by atoms with Gasteiger partial charge in [0.25, 0.3) is 11.8 Å². The van der Waals surface area contributed by atoms with Gasteiger partial charge in [-0.1, -0.05) is 0 Å². The number of aromatic nitrogens is 3. The summed E-state index contributed by atoms with van der Waals surface area (Å²) in [6.07, 6.45) is 5.35. The minimum atomic E-state index is -0.502. The minimum Gasteiger partial charge on any atom is -0.494 e. The number of rotatable bonds is 4.